The van der Waals surface area contributed by atoms with E-state index in [4.69, 9.17) is 0 Å². The van der Waals surface area contributed by atoms with Crippen molar-refractivity contribution < 1.29 is 13.9 Å². The number of hydrazine groups is 1. The fraction of sp³-hybridized carbons (Fsp3) is 0.417. The Bertz CT molecular complexity index is 1100. The SMILES string of the molecule is Cc1c[nH]c2c(-c3c(F)cc4c(c3F)C[C@H](O)C(C)(C)N4NCC(C)C)cccc12. The summed E-state index contributed by atoms with van der Waals surface area (Å²) in [4.78, 5) is 3.15. The summed E-state index contributed by atoms with van der Waals surface area (Å²) in [7, 11) is 0. The summed E-state index contributed by atoms with van der Waals surface area (Å²) in [6, 6.07) is 6.86. The molecule has 2 heterocycles. The molecule has 0 saturated heterocycles. The van der Waals surface area contributed by atoms with Gasteiger partial charge < -0.3 is 10.1 Å². The van der Waals surface area contributed by atoms with Crippen LogP contribution >= 0.6 is 0 Å². The van der Waals surface area contributed by atoms with E-state index in [1.165, 1.54) is 6.07 Å². The van der Waals surface area contributed by atoms with E-state index < -0.39 is 23.3 Å². The second-order valence-electron chi connectivity index (χ2n) is 9.21. The Kier molecular flexibility index (Phi) is 5.11. The highest BCUT2D eigenvalue weighted by atomic mass is 19.1. The van der Waals surface area contributed by atoms with Crippen LogP contribution in [0.2, 0.25) is 0 Å². The molecule has 0 unspecified atom stereocenters. The van der Waals surface area contributed by atoms with Crippen molar-refractivity contribution in [1.82, 2.24) is 10.4 Å². The summed E-state index contributed by atoms with van der Waals surface area (Å²) < 4.78 is 31.2. The molecule has 1 aromatic heterocycles. The van der Waals surface area contributed by atoms with Gasteiger partial charge in [-0.15, -0.1) is 0 Å². The Morgan fingerprint density at radius 1 is 1.30 bits per heavy atom. The molecule has 0 aliphatic carbocycles. The maximum absolute atomic E-state index is 15.8. The molecule has 3 aromatic rings. The molecule has 1 aliphatic rings. The van der Waals surface area contributed by atoms with Crippen molar-refractivity contribution in [2.75, 3.05) is 11.6 Å². The Labute approximate surface area is 175 Å². The summed E-state index contributed by atoms with van der Waals surface area (Å²) in [6.07, 6.45) is 1.16. The van der Waals surface area contributed by atoms with Crippen molar-refractivity contribution in [2.24, 2.45) is 5.92 Å². The first kappa shape index (κ1) is 20.8. The van der Waals surface area contributed by atoms with E-state index in [1.54, 1.807) is 11.1 Å². The van der Waals surface area contributed by atoms with Gasteiger partial charge in [-0.25, -0.2) is 14.2 Å². The third-order valence-electron chi connectivity index (χ3n) is 6.18. The molecule has 4 nitrogen and oxygen atoms in total. The largest absolute Gasteiger partial charge is 0.390 e. The number of fused-ring (bicyclic) bond motifs is 2. The van der Waals surface area contributed by atoms with E-state index >= 15 is 8.78 Å². The number of benzene rings is 2. The third kappa shape index (κ3) is 3.19. The highest BCUT2D eigenvalue weighted by Gasteiger charge is 2.42. The van der Waals surface area contributed by atoms with E-state index in [-0.39, 0.29) is 12.0 Å². The smallest absolute Gasteiger partial charge is 0.139 e. The van der Waals surface area contributed by atoms with Gasteiger partial charge >= 0.3 is 0 Å². The molecule has 1 atom stereocenters. The molecule has 4 rings (SSSR count). The number of rotatable bonds is 4. The minimum Gasteiger partial charge on any atom is -0.390 e. The lowest BCUT2D eigenvalue weighted by Gasteiger charge is -2.48. The standard InChI is InChI=1S/C24H29F2N3O/c1-13(2)11-28-29-19-10-18(25)21(22(26)17(19)9-20(30)24(29,4)5)16-8-6-7-15-14(3)12-27-23(15)16/h6-8,10,12-13,20,27-28,30H,9,11H2,1-5H3/t20-/m0/s1. The first-order valence-electron chi connectivity index (χ1n) is 10.4. The summed E-state index contributed by atoms with van der Waals surface area (Å²) in [5, 5.41) is 13.5. The van der Waals surface area contributed by atoms with Crippen LogP contribution in [0.25, 0.3) is 22.0 Å². The zero-order chi connectivity index (χ0) is 21.8. The lowest BCUT2D eigenvalue weighted by atomic mass is 9.83. The molecule has 1 aliphatic heterocycles. The number of aryl methyl sites for hydroxylation is 1. The minimum atomic E-state index is -0.805. The predicted molar refractivity (Wildman–Crippen MR) is 117 cm³/mol. The molecule has 0 fully saturated rings. The number of nitrogens with zero attached hydrogens (tertiary/aromatic N) is 1. The molecule has 0 amide bonds. The van der Waals surface area contributed by atoms with Gasteiger partial charge in [0, 0.05) is 35.7 Å². The number of hydrogen-bond donors (Lipinski definition) is 3. The van der Waals surface area contributed by atoms with Crippen LogP contribution in [0.3, 0.4) is 0 Å². The second kappa shape index (κ2) is 7.36. The van der Waals surface area contributed by atoms with E-state index in [1.807, 2.05) is 39.1 Å². The Hall–Kier alpha value is -2.44. The van der Waals surface area contributed by atoms with Gasteiger partial charge in [0.1, 0.15) is 11.6 Å². The Balaban J connectivity index is 1.91. The number of aromatic nitrogens is 1. The van der Waals surface area contributed by atoms with Gasteiger partial charge in [0.25, 0.3) is 0 Å². The molecule has 3 N–H and O–H groups in total. The normalized spacial score (nSPS) is 18.3. The number of para-hydroxylation sites is 1. The number of H-pyrrole nitrogens is 1. The van der Waals surface area contributed by atoms with Gasteiger partial charge in [-0.1, -0.05) is 32.0 Å². The van der Waals surface area contributed by atoms with Crippen LogP contribution in [0.5, 0.6) is 0 Å². The predicted octanol–water partition coefficient (Wildman–Crippen LogP) is 5.08. The summed E-state index contributed by atoms with van der Waals surface area (Å²) in [5.74, 6) is -0.892. The van der Waals surface area contributed by atoms with E-state index in [2.05, 4.69) is 24.3 Å². The van der Waals surface area contributed by atoms with Crippen molar-refractivity contribution in [1.29, 1.82) is 0 Å². The molecule has 2 aromatic carbocycles. The van der Waals surface area contributed by atoms with Crippen molar-refractivity contribution in [2.45, 2.75) is 52.7 Å². The van der Waals surface area contributed by atoms with E-state index in [0.717, 1.165) is 10.9 Å². The monoisotopic (exact) mass is 413 g/mol. The quantitative estimate of drug-likeness (QED) is 0.559. The van der Waals surface area contributed by atoms with Crippen LogP contribution in [0.1, 0.15) is 38.8 Å². The van der Waals surface area contributed by atoms with Gasteiger partial charge in [0.05, 0.1) is 28.4 Å². The molecule has 0 saturated carbocycles. The summed E-state index contributed by atoms with van der Waals surface area (Å²) in [5.41, 5.74) is 5.50. The molecule has 160 valence electrons. The number of anilines is 1. The van der Waals surface area contributed by atoms with Crippen molar-refractivity contribution in [3.8, 4) is 11.1 Å². The lowest BCUT2D eigenvalue weighted by Crippen LogP contribution is -2.62. The van der Waals surface area contributed by atoms with Crippen molar-refractivity contribution in [3.05, 3.63) is 53.2 Å². The minimum absolute atomic E-state index is 0.0584. The average molecular weight is 414 g/mol. The number of aliphatic hydroxyl groups excluding tert-OH is 1. The average Bonchev–Trinajstić information content (AvgIpc) is 3.05. The lowest BCUT2D eigenvalue weighted by molar-refractivity contribution is 0.0827. The summed E-state index contributed by atoms with van der Waals surface area (Å²) >= 11 is 0. The highest BCUT2D eigenvalue weighted by Crippen LogP contribution is 2.42. The van der Waals surface area contributed by atoms with Gasteiger partial charge in [-0.05, 0) is 38.3 Å². The van der Waals surface area contributed by atoms with Gasteiger partial charge in [-0.3, -0.25) is 5.01 Å². The number of hydrogen-bond acceptors (Lipinski definition) is 3. The molecule has 6 heteroatoms. The number of aliphatic hydroxyl groups is 1. The zero-order valence-corrected chi connectivity index (χ0v) is 18.1. The van der Waals surface area contributed by atoms with Crippen LogP contribution in [0.15, 0.2) is 30.5 Å². The van der Waals surface area contributed by atoms with Crippen LogP contribution in [0, 0.1) is 24.5 Å². The molecule has 0 spiro atoms. The fourth-order valence-corrected chi connectivity index (χ4v) is 4.26. The second-order valence-corrected chi connectivity index (χ2v) is 9.21. The molecule has 0 bridgehead atoms. The first-order chi connectivity index (χ1) is 14.1. The number of halogens is 2. The first-order valence-corrected chi connectivity index (χ1v) is 10.4. The van der Waals surface area contributed by atoms with E-state index in [0.29, 0.717) is 34.8 Å². The van der Waals surface area contributed by atoms with E-state index in [9.17, 15) is 5.11 Å². The Morgan fingerprint density at radius 3 is 2.73 bits per heavy atom. The highest BCUT2D eigenvalue weighted by molar-refractivity contribution is 5.96. The molecule has 30 heavy (non-hydrogen) atoms. The Morgan fingerprint density at radius 2 is 2.03 bits per heavy atom. The fourth-order valence-electron chi connectivity index (χ4n) is 4.26. The molecular formula is C24H29F2N3O. The third-order valence-corrected chi connectivity index (χ3v) is 6.18. The van der Waals surface area contributed by atoms with Crippen LogP contribution < -0.4 is 10.4 Å². The van der Waals surface area contributed by atoms with Gasteiger partial charge in [-0.2, -0.15) is 0 Å². The number of aromatic amines is 1. The summed E-state index contributed by atoms with van der Waals surface area (Å²) in [6.45, 7) is 10.5. The molecular weight excluding hydrogens is 384 g/mol. The zero-order valence-electron chi connectivity index (χ0n) is 18.1. The van der Waals surface area contributed by atoms with Gasteiger partial charge in [0.2, 0.25) is 0 Å². The molecule has 0 radical (unpaired) electrons. The van der Waals surface area contributed by atoms with Gasteiger partial charge in [0.15, 0.2) is 0 Å². The van der Waals surface area contributed by atoms with Crippen molar-refractivity contribution in [3.63, 3.8) is 0 Å². The number of nitrogens with one attached hydrogen (secondary N) is 2. The van der Waals surface area contributed by atoms with Crippen LogP contribution in [0.4, 0.5) is 14.5 Å². The van der Waals surface area contributed by atoms with Crippen LogP contribution in [-0.4, -0.2) is 28.3 Å². The maximum Gasteiger partial charge on any atom is 0.139 e. The topological polar surface area (TPSA) is 51.3 Å². The maximum atomic E-state index is 15.8. The van der Waals surface area contributed by atoms with Crippen molar-refractivity contribution >= 4 is 16.6 Å². The van der Waals surface area contributed by atoms with Crippen LogP contribution in [-0.2, 0) is 6.42 Å².